The zero-order valence-electron chi connectivity index (χ0n) is 5.99. The van der Waals surface area contributed by atoms with Crippen LogP contribution in [0.5, 0.6) is 0 Å². The van der Waals surface area contributed by atoms with Crippen LogP contribution in [0.4, 0.5) is 0 Å². The average molecular weight is 202 g/mol. The molecule has 0 aromatic rings. The predicted octanol–water partition coefficient (Wildman–Crippen LogP) is -1.08. The van der Waals surface area contributed by atoms with Crippen molar-refractivity contribution in [2.24, 2.45) is 5.73 Å². The van der Waals surface area contributed by atoms with Gasteiger partial charge in [0.25, 0.3) is 0 Å². The highest BCUT2D eigenvalue weighted by molar-refractivity contribution is 7.93. The van der Waals surface area contributed by atoms with Crippen molar-refractivity contribution in [1.82, 2.24) is 0 Å². The molecule has 0 atom stereocenters. The maximum absolute atomic E-state index is 10.6. The molecule has 0 aromatic carbocycles. The summed E-state index contributed by atoms with van der Waals surface area (Å²) in [6.45, 7) is -0.0357. The fraction of sp³-hybridized carbons (Fsp3) is 1.00. The van der Waals surface area contributed by atoms with Gasteiger partial charge < -0.3 is 10.8 Å². The van der Waals surface area contributed by atoms with Crippen molar-refractivity contribution >= 4 is 22.2 Å². The Bertz CT molecular complexity index is 214. The molecule has 1 saturated heterocycles. The van der Waals surface area contributed by atoms with Crippen molar-refractivity contribution in [3.63, 3.8) is 0 Å². The fourth-order valence-corrected chi connectivity index (χ4v) is 3.16. The Hall–Kier alpha value is 0.160. The lowest BCUT2D eigenvalue weighted by Crippen LogP contribution is -2.61. The van der Waals surface area contributed by atoms with Crippen LogP contribution in [0.1, 0.15) is 6.42 Å². The summed E-state index contributed by atoms with van der Waals surface area (Å²) >= 11 is 0. The molecule has 1 aliphatic heterocycles. The highest BCUT2D eigenvalue weighted by atomic mass is 35.5. The fourth-order valence-electron chi connectivity index (χ4n) is 1.20. The van der Waals surface area contributed by atoms with Gasteiger partial charge in [0.15, 0.2) is 9.84 Å². The summed E-state index contributed by atoms with van der Waals surface area (Å²) in [5.41, 5.74) is 4.92. The van der Waals surface area contributed by atoms with Crippen molar-refractivity contribution in [3.05, 3.63) is 0 Å². The lowest BCUT2D eigenvalue weighted by molar-refractivity contribution is 0.249. The molecular formula is C5H12ClNO3S. The van der Waals surface area contributed by atoms with E-state index in [0.29, 0.717) is 6.42 Å². The van der Waals surface area contributed by atoms with Crippen LogP contribution < -0.4 is 5.73 Å². The third-order valence-corrected chi connectivity index (χ3v) is 3.65. The molecule has 6 heteroatoms. The monoisotopic (exact) mass is 201 g/mol. The number of halogens is 1. The van der Waals surface area contributed by atoms with E-state index in [1.54, 1.807) is 0 Å². The van der Waals surface area contributed by atoms with Gasteiger partial charge in [-0.05, 0) is 6.42 Å². The lowest BCUT2D eigenvalue weighted by atomic mass is 10.0. The van der Waals surface area contributed by atoms with Crippen LogP contribution in [0.2, 0.25) is 0 Å². The Morgan fingerprint density at radius 2 is 1.91 bits per heavy atom. The summed E-state index contributed by atoms with van der Waals surface area (Å²) in [6, 6.07) is 0. The number of hydrogen-bond acceptors (Lipinski definition) is 4. The summed E-state index contributed by atoms with van der Waals surface area (Å²) in [5.74, 6) is 0.0567. The standard InChI is InChI=1S/C5H11NO3S.ClH/c6-5(1-2-7)3-10(8,9)4-5;/h7H,1-4,6H2;1H. The van der Waals surface area contributed by atoms with Crippen molar-refractivity contribution < 1.29 is 13.5 Å². The lowest BCUT2D eigenvalue weighted by Gasteiger charge is -2.36. The van der Waals surface area contributed by atoms with Crippen LogP contribution in [0.25, 0.3) is 0 Å². The second-order valence-corrected chi connectivity index (χ2v) is 4.93. The van der Waals surface area contributed by atoms with Gasteiger partial charge in [0.05, 0.1) is 11.5 Å². The largest absolute Gasteiger partial charge is 0.396 e. The smallest absolute Gasteiger partial charge is 0.153 e. The first-order valence-corrected chi connectivity index (χ1v) is 4.90. The van der Waals surface area contributed by atoms with E-state index in [9.17, 15) is 8.42 Å². The number of aliphatic hydroxyl groups is 1. The molecule has 3 N–H and O–H groups in total. The van der Waals surface area contributed by atoms with E-state index in [1.165, 1.54) is 0 Å². The van der Waals surface area contributed by atoms with Crippen LogP contribution in [0.3, 0.4) is 0 Å². The number of sulfone groups is 1. The Labute approximate surface area is 72.1 Å². The first-order chi connectivity index (χ1) is 4.47. The number of nitrogens with two attached hydrogens (primary N) is 1. The van der Waals surface area contributed by atoms with E-state index in [1.807, 2.05) is 0 Å². The zero-order valence-corrected chi connectivity index (χ0v) is 7.62. The van der Waals surface area contributed by atoms with Crippen molar-refractivity contribution in [2.45, 2.75) is 12.0 Å². The van der Waals surface area contributed by atoms with Gasteiger partial charge in [-0.1, -0.05) is 0 Å². The Kier molecular flexibility index (Phi) is 3.31. The topological polar surface area (TPSA) is 80.4 Å². The summed E-state index contributed by atoms with van der Waals surface area (Å²) < 4.78 is 21.2. The van der Waals surface area contributed by atoms with Crippen LogP contribution in [0, 0.1) is 0 Å². The molecule has 1 aliphatic rings. The zero-order chi connectivity index (χ0) is 7.83. The second kappa shape index (κ2) is 3.26. The summed E-state index contributed by atoms with van der Waals surface area (Å²) in [6.07, 6.45) is 0.381. The van der Waals surface area contributed by atoms with Gasteiger partial charge in [-0.2, -0.15) is 0 Å². The molecule has 1 heterocycles. The predicted molar refractivity (Wildman–Crippen MR) is 44.5 cm³/mol. The summed E-state index contributed by atoms with van der Waals surface area (Å²) in [7, 11) is -2.85. The highest BCUT2D eigenvalue weighted by Crippen LogP contribution is 2.23. The molecule has 11 heavy (non-hydrogen) atoms. The van der Waals surface area contributed by atoms with Gasteiger partial charge in [0.2, 0.25) is 0 Å². The maximum atomic E-state index is 10.6. The molecule has 0 spiro atoms. The van der Waals surface area contributed by atoms with E-state index in [4.69, 9.17) is 10.8 Å². The first kappa shape index (κ1) is 11.2. The average Bonchev–Trinajstić information content (AvgIpc) is 1.58. The third-order valence-electron chi connectivity index (χ3n) is 1.62. The van der Waals surface area contributed by atoms with E-state index in [0.717, 1.165) is 0 Å². The molecule has 0 radical (unpaired) electrons. The van der Waals surface area contributed by atoms with Gasteiger partial charge in [-0.3, -0.25) is 0 Å². The molecule has 0 aromatic heterocycles. The molecular weight excluding hydrogens is 190 g/mol. The molecule has 68 valence electrons. The van der Waals surface area contributed by atoms with E-state index >= 15 is 0 Å². The minimum Gasteiger partial charge on any atom is -0.396 e. The molecule has 0 aliphatic carbocycles. The highest BCUT2D eigenvalue weighted by Gasteiger charge is 2.44. The van der Waals surface area contributed by atoms with Gasteiger partial charge in [0.1, 0.15) is 0 Å². The molecule has 0 unspecified atom stereocenters. The third kappa shape index (κ3) is 2.59. The normalized spacial score (nSPS) is 24.9. The van der Waals surface area contributed by atoms with Crippen molar-refractivity contribution in [3.8, 4) is 0 Å². The number of hydrogen-bond donors (Lipinski definition) is 2. The summed E-state index contributed by atoms with van der Waals surface area (Å²) in [5, 5.41) is 8.46. The molecule has 0 amide bonds. The number of rotatable bonds is 2. The van der Waals surface area contributed by atoms with Crippen LogP contribution >= 0.6 is 12.4 Å². The second-order valence-electron chi connectivity index (χ2n) is 2.87. The van der Waals surface area contributed by atoms with Crippen LogP contribution in [-0.4, -0.2) is 37.2 Å². The molecule has 0 bridgehead atoms. The molecule has 4 nitrogen and oxygen atoms in total. The van der Waals surface area contributed by atoms with E-state index in [-0.39, 0.29) is 30.5 Å². The van der Waals surface area contributed by atoms with Gasteiger partial charge >= 0.3 is 0 Å². The van der Waals surface area contributed by atoms with Crippen LogP contribution in [-0.2, 0) is 9.84 Å². The number of aliphatic hydroxyl groups excluding tert-OH is 1. The first-order valence-electron chi connectivity index (χ1n) is 3.08. The Morgan fingerprint density at radius 1 is 1.45 bits per heavy atom. The minimum absolute atomic E-state index is 0. The van der Waals surface area contributed by atoms with Gasteiger partial charge in [0, 0.05) is 12.1 Å². The SMILES string of the molecule is Cl.NC1(CCO)CS(=O)(=O)C1. The molecule has 0 saturated carbocycles. The molecule has 1 fully saturated rings. The quantitative estimate of drug-likeness (QED) is 0.596. The Morgan fingerprint density at radius 3 is 2.18 bits per heavy atom. The Balaban J connectivity index is 0.000001000. The summed E-state index contributed by atoms with van der Waals surface area (Å²) in [4.78, 5) is 0. The van der Waals surface area contributed by atoms with E-state index in [2.05, 4.69) is 0 Å². The van der Waals surface area contributed by atoms with Gasteiger partial charge in [-0.15, -0.1) is 12.4 Å². The minimum atomic E-state index is -2.85. The van der Waals surface area contributed by atoms with Crippen LogP contribution in [0.15, 0.2) is 0 Å². The molecule has 1 rings (SSSR count). The van der Waals surface area contributed by atoms with Crippen molar-refractivity contribution in [1.29, 1.82) is 0 Å². The van der Waals surface area contributed by atoms with E-state index < -0.39 is 15.4 Å². The van der Waals surface area contributed by atoms with Crippen molar-refractivity contribution in [2.75, 3.05) is 18.1 Å². The van der Waals surface area contributed by atoms with Gasteiger partial charge in [-0.25, -0.2) is 8.42 Å². The maximum Gasteiger partial charge on any atom is 0.153 e.